The average molecular weight is 1220 g/mol. The van der Waals surface area contributed by atoms with Gasteiger partial charge < -0.3 is 4.90 Å². The fraction of sp³-hybridized carbons (Fsp3) is 0.0795. The molecule has 0 saturated heterocycles. The summed E-state index contributed by atoms with van der Waals surface area (Å²) >= 11 is 1.88. The maximum atomic E-state index is 5.56. The number of hydrogen-bond donors (Lipinski definition) is 0. The number of hydrogen-bond acceptors (Lipinski definition) is 5. The van der Waals surface area contributed by atoms with Gasteiger partial charge in [0.15, 0.2) is 11.6 Å². The molecule has 6 heteroatoms. The van der Waals surface area contributed by atoms with Gasteiger partial charge >= 0.3 is 0 Å². The van der Waals surface area contributed by atoms with E-state index in [9.17, 15) is 0 Å². The first-order valence-corrected chi connectivity index (χ1v) is 33.5. The minimum atomic E-state index is -0.426. The normalized spacial score (nSPS) is 15.9. The second kappa shape index (κ2) is 20.9. The topological polar surface area (TPSA) is 46.8 Å². The molecule has 13 aromatic carbocycles. The van der Waals surface area contributed by atoms with E-state index in [2.05, 4.69) is 334 Å². The summed E-state index contributed by atoms with van der Waals surface area (Å²) < 4.78 is 4.84. The van der Waals surface area contributed by atoms with Crippen LogP contribution in [-0.2, 0) is 10.8 Å². The molecule has 0 saturated carbocycles. The monoisotopic (exact) mass is 1220 g/mol. The maximum absolute atomic E-state index is 5.56. The number of benzene rings is 13. The lowest BCUT2D eigenvalue weighted by atomic mass is 9.60. The van der Waals surface area contributed by atoms with Crippen molar-refractivity contribution in [2.45, 2.75) is 31.6 Å². The largest absolute Gasteiger partial charge is 0.309 e. The lowest BCUT2D eigenvalue weighted by Crippen LogP contribution is -2.38. The van der Waals surface area contributed by atoms with Crippen LogP contribution in [0.5, 0.6) is 0 Å². The number of anilines is 2. The van der Waals surface area contributed by atoms with Crippen molar-refractivity contribution in [2.75, 3.05) is 4.90 Å². The van der Waals surface area contributed by atoms with Crippen LogP contribution in [0.25, 0.3) is 120 Å². The quantitative estimate of drug-likeness (QED) is 0.144. The first kappa shape index (κ1) is 54.4. The Kier molecular flexibility index (Phi) is 12.1. The third kappa shape index (κ3) is 8.09. The standard InChI is InChI=1S/C88H61N5S/c1-54-47-64(51-73-67-33-15-19-37-75(67)88(82(54)73,62-27-6-4-7-28-62)63-29-8-5-9-30-63)92(79-39-22-35-69-68-34-17-21-40-81(68)94-83(69)79)77-38-20-16-31-65(77)59-45-46-78-71(50-59)72-52-70-66-32-14-18-36-74(66)87(2,3)76(70)53-80(72)93(78)86-90-84(60-43-41-55-23-10-12-25-57(55)48-60)89-85(91-86)61-44-42-56-24-11-13-26-58(56)49-61/h4-54,82H,1-3H3. The minimum absolute atomic E-state index is 0.109. The molecule has 0 radical (unpaired) electrons. The van der Waals surface area contributed by atoms with Gasteiger partial charge in [-0.2, -0.15) is 9.97 Å². The zero-order valence-electron chi connectivity index (χ0n) is 52.2. The molecule has 3 aromatic heterocycles. The van der Waals surface area contributed by atoms with Crippen LogP contribution in [0.1, 0.15) is 54.2 Å². The van der Waals surface area contributed by atoms with E-state index < -0.39 is 5.41 Å². The molecule has 2 atom stereocenters. The molecular formula is C88H61N5S. The summed E-state index contributed by atoms with van der Waals surface area (Å²) in [6, 6.07) is 108. The van der Waals surface area contributed by atoms with E-state index in [0.717, 1.165) is 82.7 Å². The maximum Gasteiger partial charge on any atom is 0.238 e. The van der Waals surface area contributed by atoms with Crippen molar-refractivity contribution in [1.29, 1.82) is 0 Å². The predicted molar refractivity (Wildman–Crippen MR) is 392 cm³/mol. The van der Waals surface area contributed by atoms with Crippen LogP contribution >= 0.6 is 11.3 Å². The molecule has 3 aliphatic rings. The molecule has 94 heavy (non-hydrogen) atoms. The van der Waals surface area contributed by atoms with Crippen molar-refractivity contribution in [3.8, 4) is 51.0 Å². The molecule has 2 unspecified atom stereocenters. The highest BCUT2D eigenvalue weighted by atomic mass is 32.1. The number of thiophene rings is 1. The van der Waals surface area contributed by atoms with Gasteiger partial charge in [0.25, 0.3) is 0 Å². The fourth-order valence-corrected chi connectivity index (χ4v) is 17.9. The third-order valence-corrected chi connectivity index (χ3v) is 22.0. The van der Waals surface area contributed by atoms with Gasteiger partial charge in [0, 0.05) is 60.0 Å². The molecular weight excluding hydrogens is 1160 g/mol. The summed E-state index contributed by atoms with van der Waals surface area (Å²) in [5, 5.41) is 9.35. The number of rotatable bonds is 9. The molecule has 0 aliphatic heterocycles. The second-order valence-corrected chi connectivity index (χ2v) is 27.3. The highest BCUT2D eigenvalue weighted by Gasteiger charge is 2.54. The Hall–Kier alpha value is -11.3. The molecule has 0 N–H and O–H groups in total. The van der Waals surface area contributed by atoms with Crippen LogP contribution in [0.3, 0.4) is 0 Å². The minimum Gasteiger partial charge on any atom is -0.309 e. The van der Waals surface area contributed by atoms with E-state index in [1.54, 1.807) is 0 Å². The predicted octanol–water partition coefficient (Wildman–Crippen LogP) is 22.7. The lowest BCUT2D eigenvalue weighted by molar-refractivity contribution is 0.397. The smallest absolute Gasteiger partial charge is 0.238 e. The van der Waals surface area contributed by atoms with Crippen LogP contribution < -0.4 is 4.90 Å². The Morgan fingerprint density at radius 2 is 0.968 bits per heavy atom. The van der Waals surface area contributed by atoms with E-state index in [1.165, 1.54) is 70.3 Å². The lowest BCUT2D eigenvalue weighted by Gasteiger charge is -2.43. The zero-order chi connectivity index (χ0) is 62.4. The number of para-hydroxylation sites is 1. The molecule has 5 nitrogen and oxygen atoms in total. The van der Waals surface area contributed by atoms with Crippen molar-refractivity contribution in [1.82, 2.24) is 19.5 Å². The van der Waals surface area contributed by atoms with Gasteiger partial charge in [0.1, 0.15) is 0 Å². The second-order valence-electron chi connectivity index (χ2n) is 26.3. The van der Waals surface area contributed by atoms with E-state index in [-0.39, 0.29) is 17.3 Å². The zero-order valence-corrected chi connectivity index (χ0v) is 53.0. The Morgan fingerprint density at radius 3 is 1.68 bits per heavy atom. The Labute approximate surface area is 549 Å². The molecule has 0 spiro atoms. The van der Waals surface area contributed by atoms with E-state index >= 15 is 0 Å². The van der Waals surface area contributed by atoms with Gasteiger partial charge in [-0.15, -0.1) is 11.3 Å². The number of allylic oxidation sites excluding steroid dienone is 3. The van der Waals surface area contributed by atoms with Crippen molar-refractivity contribution >= 4 is 91.8 Å². The molecule has 3 aliphatic carbocycles. The van der Waals surface area contributed by atoms with Crippen LogP contribution in [0.4, 0.5) is 11.4 Å². The van der Waals surface area contributed by atoms with Crippen LogP contribution in [0, 0.1) is 11.8 Å². The summed E-state index contributed by atoms with van der Waals surface area (Å²) in [5.41, 5.74) is 20.6. The Morgan fingerprint density at radius 1 is 0.404 bits per heavy atom. The van der Waals surface area contributed by atoms with E-state index in [4.69, 9.17) is 15.0 Å². The van der Waals surface area contributed by atoms with Crippen LogP contribution in [0.2, 0.25) is 0 Å². The summed E-state index contributed by atoms with van der Waals surface area (Å²) in [6.45, 7) is 7.18. The van der Waals surface area contributed by atoms with Crippen molar-refractivity contribution in [3.05, 3.63) is 342 Å². The van der Waals surface area contributed by atoms with Gasteiger partial charge in [0.2, 0.25) is 5.95 Å². The van der Waals surface area contributed by atoms with Gasteiger partial charge in [0.05, 0.1) is 32.5 Å². The summed E-state index contributed by atoms with van der Waals surface area (Å²) in [7, 11) is 0. The first-order valence-electron chi connectivity index (χ1n) is 32.7. The fourth-order valence-electron chi connectivity index (χ4n) is 16.6. The molecule has 3 heterocycles. The van der Waals surface area contributed by atoms with Crippen LogP contribution in [0.15, 0.2) is 309 Å². The average Bonchev–Trinajstić information content (AvgIpc) is 1.53. The van der Waals surface area contributed by atoms with Crippen molar-refractivity contribution in [3.63, 3.8) is 0 Å². The molecule has 16 aromatic rings. The number of fused-ring (bicyclic) bond motifs is 14. The molecule has 0 bridgehead atoms. The van der Waals surface area contributed by atoms with E-state index in [1.807, 2.05) is 11.3 Å². The van der Waals surface area contributed by atoms with Crippen molar-refractivity contribution in [2.24, 2.45) is 11.8 Å². The highest BCUT2D eigenvalue weighted by Crippen LogP contribution is 2.62. The van der Waals surface area contributed by atoms with Gasteiger partial charge in [-0.25, -0.2) is 4.98 Å². The number of aromatic nitrogens is 4. The molecule has 0 amide bonds. The summed E-state index contributed by atoms with van der Waals surface area (Å²) in [4.78, 5) is 19.1. The van der Waals surface area contributed by atoms with Gasteiger partial charge in [-0.1, -0.05) is 263 Å². The van der Waals surface area contributed by atoms with Crippen molar-refractivity contribution < 1.29 is 0 Å². The molecule has 444 valence electrons. The third-order valence-electron chi connectivity index (χ3n) is 20.8. The van der Waals surface area contributed by atoms with Crippen LogP contribution in [-0.4, -0.2) is 19.5 Å². The van der Waals surface area contributed by atoms with Gasteiger partial charge in [-0.05, 0) is 144 Å². The van der Waals surface area contributed by atoms with E-state index in [0.29, 0.717) is 17.6 Å². The first-order chi connectivity index (χ1) is 46.3. The summed E-state index contributed by atoms with van der Waals surface area (Å²) in [6.07, 6.45) is 5.12. The molecule has 0 fully saturated rings. The summed E-state index contributed by atoms with van der Waals surface area (Å²) in [5.74, 6) is 2.01. The SMILES string of the molecule is CC1C=C(N(c2ccccc2-c2ccc3c(c2)c2cc4c(cc2n3-c2nc(-c3ccc5ccccc5c3)nc(-c3ccc5ccccc5c3)n2)C(C)(C)c2ccccc2-4)c2cccc3c2sc2ccccc23)C=C2c3ccccc3C(c3ccccc3)(c3ccccc3)C21. The van der Waals surface area contributed by atoms with Gasteiger partial charge in [-0.3, -0.25) is 4.57 Å². The molecule has 19 rings (SSSR count). The Balaban J connectivity index is 0.847. The highest BCUT2D eigenvalue weighted by molar-refractivity contribution is 7.26. The Bertz CT molecular complexity index is 5750. The number of nitrogens with zero attached hydrogens (tertiary/aromatic N) is 5.